The van der Waals surface area contributed by atoms with Crippen molar-refractivity contribution in [3.05, 3.63) is 0 Å². The van der Waals surface area contributed by atoms with Gasteiger partial charge in [0.15, 0.2) is 19.7 Å². The fourth-order valence-corrected chi connectivity index (χ4v) is 7.04. The fourth-order valence-electron chi connectivity index (χ4n) is 0.335. The Balaban J connectivity index is 2.08. The lowest BCUT2D eigenvalue weighted by molar-refractivity contribution is 0.983. The Morgan fingerprint density at radius 2 is 2.00 bits per heavy atom. The van der Waals surface area contributed by atoms with Crippen molar-refractivity contribution in [2.24, 2.45) is 0 Å². The highest BCUT2D eigenvalue weighted by molar-refractivity contribution is 6.72. The van der Waals surface area contributed by atoms with Crippen molar-refractivity contribution in [2.45, 2.75) is 0 Å². The molecule has 0 amide bonds. The Morgan fingerprint density at radius 1 is 1.60 bits per heavy atom. The Labute approximate surface area is 39.4 Å². The molecule has 0 aromatic rings. The summed E-state index contributed by atoms with van der Waals surface area (Å²) in [5.41, 5.74) is 0. The van der Waals surface area contributed by atoms with Gasteiger partial charge in [-0.3, -0.25) is 0 Å². The summed E-state index contributed by atoms with van der Waals surface area (Å²) in [5, 5.41) is 0. The SMILES string of the molecule is [SiH3]N1[SiH2]N[SiH2]1. The predicted molar refractivity (Wildman–Crippen MR) is 32.0 cm³/mol. The highest BCUT2D eigenvalue weighted by atomic mass is 28.4. The first-order valence-electron chi connectivity index (χ1n) is 1.79. The largest absolute Gasteiger partial charge is 0.362 e. The topological polar surface area (TPSA) is 15.3 Å². The summed E-state index contributed by atoms with van der Waals surface area (Å²) in [7, 11) is 1.82. The van der Waals surface area contributed by atoms with E-state index < -0.39 is 0 Å². The molecule has 0 spiro atoms. The van der Waals surface area contributed by atoms with E-state index in [1.165, 1.54) is 10.4 Å². The summed E-state index contributed by atoms with van der Waals surface area (Å²) in [6.07, 6.45) is 0. The first kappa shape index (κ1) is 3.75. The van der Waals surface area contributed by atoms with Gasteiger partial charge in [0.05, 0.1) is 10.4 Å². The van der Waals surface area contributed by atoms with Crippen LogP contribution in [0.15, 0.2) is 0 Å². The maximum Gasteiger partial charge on any atom is 0.150 e. The Morgan fingerprint density at radius 3 is 2.00 bits per heavy atom. The summed E-state index contributed by atoms with van der Waals surface area (Å²) in [4.78, 5) is 0. The third-order valence-electron chi connectivity index (χ3n) is 0.763. The monoisotopic (exact) mass is 120 g/mol. The second-order valence-corrected chi connectivity index (χ2v) is 10.9. The molecule has 1 fully saturated rings. The fraction of sp³-hybridized carbons (Fsp3) is 0. The van der Waals surface area contributed by atoms with E-state index in [9.17, 15) is 0 Å². The zero-order chi connectivity index (χ0) is 3.70. The summed E-state index contributed by atoms with van der Waals surface area (Å²) >= 11 is 0. The van der Waals surface area contributed by atoms with Crippen molar-refractivity contribution >= 4 is 30.1 Å². The molecule has 0 bridgehead atoms. The first-order valence-corrected chi connectivity index (χ1v) is 5.36. The Kier molecular flexibility index (Phi) is 1.01. The molecule has 0 radical (unpaired) electrons. The standard InChI is InChI=1S/H8N2Si3/c3-2-4-1-5-2/h1H,4-5H2,3H3. The van der Waals surface area contributed by atoms with Crippen LogP contribution in [-0.2, 0) is 0 Å². The molecule has 30 valence electrons. The molecule has 1 saturated heterocycles. The smallest absolute Gasteiger partial charge is 0.150 e. The average molecular weight is 120 g/mol. The molecule has 1 aliphatic rings. The van der Waals surface area contributed by atoms with Gasteiger partial charge in [-0.15, -0.1) is 0 Å². The third kappa shape index (κ3) is 0.700. The minimum Gasteiger partial charge on any atom is -0.362 e. The number of nitrogens with zero attached hydrogens (tertiary/aromatic N) is 1. The van der Waals surface area contributed by atoms with Crippen LogP contribution in [0.1, 0.15) is 0 Å². The molecule has 1 heterocycles. The molecule has 5 heavy (non-hydrogen) atoms. The number of nitrogens with one attached hydrogen (secondary N) is 1. The molecule has 1 aliphatic heterocycles. The highest BCUT2D eigenvalue weighted by Crippen LogP contribution is 1.72. The number of hydrogen-bond acceptors (Lipinski definition) is 2. The number of hydrogen-bond donors (Lipinski definition) is 1. The third-order valence-corrected chi connectivity index (χ3v) is 6.87. The van der Waals surface area contributed by atoms with E-state index in [2.05, 4.69) is 8.54 Å². The summed E-state index contributed by atoms with van der Waals surface area (Å²) in [5.74, 6) is 0. The zero-order valence-corrected chi connectivity index (χ0v) is 8.19. The molecule has 1 rings (SSSR count). The van der Waals surface area contributed by atoms with Gasteiger partial charge in [0.25, 0.3) is 0 Å². The second kappa shape index (κ2) is 1.35. The van der Waals surface area contributed by atoms with Gasteiger partial charge < -0.3 is 8.54 Å². The molecule has 0 saturated carbocycles. The van der Waals surface area contributed by atoms with Crippen molar-refractivity contribution in [1.82, 2.24) is 8.54 Å². The van der Waals surface area contributed by atoms with Gasteiger partial charge in [0.2, 0.25) is 0 Å². The van der Waals surface area contributed by atoms with Crippen LogP contribution < -0.4 is 4.65 Å². The molecule has 0 aliphatic carbocycles. The van der Waals surface area contributed by atoms with Gasteiger partial charge in [0.1, 0.15) is 0 Å². The van der Waals surface area contributed by atoms with Crippen LogP contribution in [0.4, 0.5) is 0 Å². The van der Waals surface area contributed by atoms with Crippen LogP contribution in [0.3, 0.4) is 0 Å². The van der Waals surface area contributed by atoms with Gasteiger partial charge >= 0.3 is 0 Å². The van der Waals surface area contributed by atoms with Crippen LogP contribution in [0.2, 0.25) is 0 Å². The van der Waals surface area contributed by atoms with Gasteiger partial charge in [-0.1, -0.05) is 0 Å². The van der Waals surface area contributed by atoms with Crippen molar-refractivity contribution in [1.29, 1.82) is 0 Å². The summed E-state index contributed by atoms with van der Waals surface area (Å²) in [6, 6.07) is 0. The maximum absolute atomic E-state index is 3.40. The lowest BCUT2D eigenvalue weighted by Gasteiger charge is -2.26. The van der Waals surface area contributed by atoms with Crippen LogP contribution in [0.5, 0.6) is 0 Å². The van der Waals surface area contributed by atoms with Crippen molar-refractivity contribution in [3.63, 3.8) is 0 Å². The van der Waals surface area contributed by atoms with E-state index in [1.807, 2.05) is 0 Å². The summed E-state index contributed by atoms with van der Waals surface area (Å²) in [6.45, 7) is 0. The zero-order valence-electron chi connectivity index (χ0n) is 3.36. The van der Waals surface area contributed by atoms with Crippen LogP contribution in [0, 0.1) is 0 Å². The number of rotatable bonds is 0. The van der Waals surface area contributed by atoms with Crippen molar-refractivity contribution in [2.75, 3.05) is 0 Å². The van der Waals surface area contributed by atoms with E-state index >= 15 is 0 Å². The molecule has 0 atom stereocenters. The molecular weight excluding hydrogens is 112 g/mol. The minimum absolute atomic E-state index is 0.236. The lowest BCUT2D eigenvalue weighted by atomic mass is 13.7. The normalized spacial score (nSPS) is 36.0. The quantitative estimate of drug-likeness (QED) is 0.330. The van der Waals surface area contributed by atoms with Gasteiger partial charge in [-0.05, 0) is 0 Å². The maximum atomic E-state index is 3.40. The Hall–Kier alpha value is 0.571. The average Bonchev–Trinajstić information content (AvgIpc) is 1.30. The molecule has 5 heteroatoms. The van der Waals surface area contributed by atoms with Gasteiger partial charge in [-0.25, -0.2) is 0 Å². The second-order valence-electron chi connectivity index (χ2n) is 1.42. The van der Waals surface area contributed by atoms with Crippen LogP contribution >= 0.6 is 0 Å². The van der Waals surface area contributed by atoms with E-state index in [0.717, 1.165) is 0 Å². The molecule has 0 unspecified atom stereocenters. The Bertz CT molecular complexity index is 31.9. The van der Waals surface area contributed by atoms with E-state index in [1.54, 1.807) is 0 Å². The van der Waals surface area contributed by atoms with E-state index in [0.29, 0.717) is 0 Å². The molecule has 2 nitrogen and oxygen atoms in total. The van der Waals surface area contributed by atoms with Crippen LogP contribution in [0.25, 0.3) is 0 Å². The van der Waals surface area contributed by atoms with Crippen molar-refractivity contribution < 1.29 is 0 Å². The molecule has 1 N–H and O–H groups in total. The van der Waals surface area contributed by atoms with Crippen LogP contribution in [-0.4, -0.2) is 34.0 Å². The first-order chi connectivity index (χ1) is 2.39. The highest BCUT2D eigenvalue weighted by Gasteiger charge is 2.04. The molecule has 0 aromatic heterocycles. The summed E-state index contributed by atoms with van der Waals surface area (Å²) < 4.78 is 6.01. The van der Waals surface area contributed by atoms with E-state index in [4.69, 9.17) is 0 Å². The van der Waals surface area contributed by atoms with Crippen molar-refractivity contribution in [3.8, 4) is 0 Å². The molecule has 0 aromatic carbocycles. The van der Waals surface area contributed by atoms with E-state index in [-0.39, 0.29) is 19.7 Å². The minimum atomic E-state index is 0.236. The predicted octanol–water partition coefficient (Wildman–Crippen LogP) is -3.83. The molecular formula is H8N2Si3. The van der Waals surface area contributed by atoms with Gasteiger partial charge in [-0.2, -0.15) is 0 Å². The van der Waals surface area contributed by atoms with Gasteiger partial charge in [0, 0.05) is 0 Å². The lowest BCUT2D eigenvalue weighted by Crippen LogP contribution is -2.57.